The van der Waals surface area contributed by atoms with E-state index in [2.05, 4.69) is 71.4 Å². The summed E-state index contributed by atoms with van der Waals surface area (Å²) in [6.45, 7) is 0. The molecule has 1 N–H and O–H groups in total. The highest BCUT2D eigenvalue weighted by molar-refractivity contribution is 7.13. The molecular weight excluding hydrogens is 414 g/mol. The minimum atomic E-state index is 0.459. The molecule has 0 unspecified atom stereocenters. The quantitative estimate of drug-likeness (QED) is 0.302. The van der Waals surface area contributed by atoms with Gasteiger partial charge in [0, 0.05) is 11.3 Å². The van der Waals surface area contributed by atoms with Gasteiger partial charge in [-0.2, -0.15) is 4.52 Å². The number of benzene rings is 3. The first-order chi connectivity index (χ1) is 15.9. The van der Waals surface area contributed by atoms with Gasteiger partial charge in [-0.15, -0.1) is 16.4 Å². The Balaban J connectivity index is 1.66. The molecule has 4 nitrogen and oxygen atoms in total. The van der Waals surface area contributed by atoms with Gasteiger partial charge in [0.25, 0.3) is 0 Å². The van der Waals surface area contributed by atoms with E-state index in [9.17, 15) is 0 Å². The highest BCUT2D eigenvalue weighted by Crippen LogP contribution is 2.46. The van der Waals surface area contributed by atoms with Crippen LogP contribution in [-0.4, -0.2) is 9.61 Å². The van der Waals surface area contributed by atoms with Gasteiger partial charge in [-0.3, -0.25) is 0 Å². The third kappa shape index (κ3) is 3.20. The van der Waals surface area contributed by atoms with Gasteiger partial charge in [-0.1, -0.05) is 84.9 Å². The van der Waals surface area contributed by atoms with Crippen LogP contribution in [0.2, 0.25) is 0 Å². The Bertz CT molecular complexity index is 1470. The van der Waals surface area contributed by atoms with Crippen molar-refractivity contribution in [1.29, 1.82) is 0 Å². The van der Waals surface area contributed by atoms with Crippen LogP contribution in [0.15, 0.2) is 113 Å². The Kier molecular flexibility index (Phi) is 4.59. The van der Waals surface area contributed by atoms with Crippen molar-refractivity contribution < 1.29 is 4.42 Å². The molecule has 0 radical (unpaired) electrons. The first-order valence-electron chi connectivity index (χ1n) is 10.4. The van der Waals surface area contributed by atoms with Gasteiger partial charge in [0.15, 0.2) is 0 Å². The smallest absolute Gasteiger partial charge is 0.318 e. The number of thiophene rings is 1. The number of fused-ring (bicyclic) bond motifs is 1. The Morgan fingerprint density at radius 3 is 1.94 bits per heavy atom. The summed E-state index contributed by atoms with van der Waals surface area (Å²) in [5.41, 5.74) is 7.06. The summed E-state index contributed by atoms with van der Waals surface area (Å²) in [6, 6.07) is 35.4. The number of aromatic nitrogens is 2. The lowest BCUT2D eigenvalue weighted by atomic mass is 9.96. The van der Waals surface area contributed by atoms with Crippen LogP contribution >= 0.6 is 11.3 Å². The fourth-order valence-corrected chi connectivity index (χ4v) is 4.79. The van der Waals surface area contributed by atoms with Crippen molar-refractivity contribution in [1.82, 2.24) is 9.61 Å². The third-order valence-corrected chi connectivity index (χ3v) is 6.27. The number of para-hydroxylation sites is 1. The van der Waals surface area contributed by atoms with Crippen LogP contribution in [-0.2, 0) is 0 Å². The molecule has 6 aromatic rings. The molecule has 32 heavy (non-hydrogen) atoms. The Labute approximate surface area is 189 Å². The van der Waals surface area contributed by atoms with E-state index < -0.39 is 0 Å². The molecule has 154 valence electrons. The zero-order chi connectivity index (χ0) is 21.3. The summed E-state index contributed by atoms with van der Waals surface area (Å²) in [5.74, 6) is 0. The van der Waals surface area contributed by atoms with Crippen molar-refractivity contribution in [3.8, 4) is 32.8 Å². The van der Waals surface area contributed by atoms with Crippen LogP contribution in [0.3, 0.4) is 0 Å². The third-order valence-electron chi connectivity index (χ3n) is 5.39. The van der Waals surface area contributed by atoms with E-state index in [4.69, 9.17) is 9.52 Å². The molecule has 0 atom stereocenters. The molecule has 0 amide bonds. The molecule has 0 spiro atoms. The highest BCUT2D eigenvalue weighted by Gasteiger charge is 2.27. The van der Waals surface area contributed by atoms with Crippen LogP contribution in [0, 0.1) is 0 Å². The van der Waals surface area contributed by atoms with E-state index in [0.717, 1.165) is 44.2 Å². The normalized spacial score (nSPS) is 11.1. The first kappa shape index (κ1) is 18.7. The molecule has 0 saturated carbocycles. The van der Waals surface area contributed by atoms with Gasteiger partial charge < -0.3 is 9.73 Å². The molecule has 3 aromatic heterocycles. The van der Waals surface area contributed by atoms with Gasteiger partial charge in [-0.25, -0.2) is 0 Å². The molecule has 3 heterocycles. The number of hydrogen-bond donors (Lipinski definition) is 1. The standard InChI is InChI=1S/C27H19N3OS/c1-4-11-19(12-5-1)23-24(20-13-6-2-7-14-20)26-30(25(23)22-17-10-18-32-22)29-27(31-26)28-21-15-8-3-9-16-21/h1-18H,(H,28,29). The Hall–Kier alpha value is -4.09. The maximum atomic E-state index is 6.34. The number of nitrogens with zero attached hydrogens (tertiary/aromatic N) is 2. The monoisotopic (exact) mass is 433 g/mol. The van der Waals surface area contributed by atoms with Crippen molar-refractivity contribution in [3.63, 3.8) is 0 Å². The second kappa shape index (κ2) is 7.87. The van der Waals surface area contributed by atoms with Gasteiger partial charge in [0.05, 0.1) is 16.1 Å². The molecular formula is C27H19N3OS. The van der Waals surface area contributed by atoms with E-state index in [0.29, 0.717) is 6.01 Å². The second-order valence-electron chi connectivity index (χ2n) is 7.42. The molecule has 0 fully saturated rings. The molecule has 0 aliphatic rings. The van der Waals surface area contributed by atoms with Crippen molar-refractivity contribution in [3.05, 3.63) is 109 Å². The first-order valence-corrected chi connectivity index (χ1v) is 11.3. The van der Waals surface area contributed by atoms with Crippen molar-refractivity contribution in [2.75, 3.05) is 5.32 Å². The van der Waals surface area contributed by atoms with Gasteiger partial charge in [-0.05, 0) is 34.7 Å². The molecule has 0 aliphatic heterocycles. The zero-order valence-corrected chi connectivity index (χ0v) is 17.9. The molecule has 5 heteroatoms. The molecule has 6 rings (SSSR count). The molecule has 0 aliphatic carbocycles. The minimum Gasteiger partial charge on any atom is -0.405 e. The molecule has 0 saturated heterocycles. The van der Waals surface area contributed by atoms with Crippen LogP contribution in [0.4, 0.5) is 11.7 Å². The van der Waals surface area contributed by atoms with E-state index in [1.807, 2.05) is 47.0 Å². The maximum Gasteiger partial charge on any atom is 0.318 e. The predicted molar refractivity (Wildman–Crippen MR) is 131 cm³/mol. The molecule has 0 bridgehead atoms. The maximum absolute atomic E-state index is 6.34. The Morgan fingerprint density at radius 1 is 0.688 bits per heavy atom. The largest absolute Gasteiger partial charge is 0.405 e. The summed E-state index contributed by atoms with van der Waals surface area (Å²) in [4.78, 5) is 1.14. The van der Waals surface area contributed by atoms with Crippen molar-refractivity contribution in [2.24, 2.45) is 0 Å². The summed E-state index contributed by atoms with van der Waals surface area (Å²) < 4.78 is 8.28. The van der Waals surface area contributed by atoms with Gasteiger partial charge >= 0.3 is 6.01 Å². The van der Waals surface area contributed by atoms with Crippen molar-refractivity contribution >= 4 is 28.8 Å². The van der Waals surface area contributed by atoms with E-state index in [1.54, 1.807) is 11.3 Å². The predicted octanol–water partition coefficient (Wildman–Crippen LogP) is 7.73. The summed E-state index contributed by atoms with van der Waals surface area (Å²) in [7, 11) is 0. The van der Waals surface area contributed by atoms with Crippen LogP contribution < -0.4 is 5.32 Å². The molecule has 3 aromatic carbocycles. The number of hydrogen-bond acceptors (Lipinski definition) is 4. The topological polar surface area (TPSA) is 42.5 Å². The number of nitrogens with one attached hydrogen (secondary N) is 1. The van der Waals surface area contributed by atoms with Crippen LogP contribution in [0.1, 0.15) is 0 Å². The summed E-state index contributed by atoms with van der Waals surface area (Å²) in [6.07, 6.45) is 0. The fraction of sp³-hybridized carbons (Fsp3) is 0. The van der Waals surface area contributed by atoms with Gasteiger partial charge in [0.1, 0.15) is 0 Å². The zero-order valence-electron chi connectivity index (χ0n) is 17.1. The van der Waals surface area contributed by atoms with Gasteiger partial charge in [0.2, 0.25) is 5.71 Å². The fourth-order valence-electron chi connectivity index (χ4n) is 4.03. The average Bonchev–Trinajstić information content (AvgIpc) is 3.57. The number of rotatable bonds is 5. The summed E-state index contributed by atoms with van der Waals surface area (Å²) >= 11 is 1.70. The van der Waals surface area contributed by atoms with E-state index in [1.165, 1.54) is 0 Å². The van der Waals surface area contributed by atoms with Crippen molar-refractivity contribution in [2.45, 2.75) is 0 Å². The second-order valence-corrected chi connectivity index (χ2v) is 8.37. The van der Waals surface area contributed by atoms with E-state index in [-0.39, 0.29) is 0 Å². The summed E-state index contributed by atoms with van der Waals surface area (Å²) in [5, 5.41) is 10.2. The Morgan fingerprint density at radius 2 is 1.31 bits per heavy atom. The number of anilines is 2. The lowest BCUT2D eigenvalue weighted by Gasteiger charge is -2.08. The lowest BCUT2D eigenvalue weighted by molar-refractivity contribution is 0.622. The van der Waals surface area contributed by atoms with Crippen LogP contribution in [0.25, 0.3) is 38.5 Å². The average molecular weight is 434 g/mol. The van der Waals surface area contributed by atoms with Crippen LogP contribution in [0.5, 0.6) is 0 Å². The lowest BCUT2D eigenvalue weighted by Crippen LogP contribution is -1.93. The highest BCUT2D eigenvalue weighted by atomic mass is 32.1. The minimum absolute atomic E-state index is 0.459. The SMILES string of the molecule is c1ccc(Nc2nn3c(-c4cccs4)c(-c4ccccc4)c(-c4ccccc4)c3o2)cc1. The van der Waals surface area contributed by atoms with E-state index >= 15 is 0 Å².